The van der Waals surface area contributed by atoms with Crippen molar-refractivity contribution in [3.05, 3.63) is 75.6 Å². The molecule has 1 aliphatic rings. The zero-order chi connectivity index (χ0) is 19.7. The van der Waals surface area contributed by atoms with Gasteiger partial charge in [-0.3, -0.25) is 9.69 Å². The van der Waals surface area contributed by atoms with Gasteiger partial charge in [0.2, 0.25) is 5.91 Å². The number of carbonyl (C=O) groups is 1. The van der Waals surface area contributed by atoms with Crippen molar-refractivity contribution < 1.29 is 9.21 Å². The molecule has 3 aromatic rings. The molecule has 5 heteroatoms. The fraction of sp³-hybridized carbons (Fsp3) is 0.304. The van der Waals surface area contributed by atoms with Gasteiger partial charge in [0.15, 0.2) is 0 Å². The number of anilines is 1. The highest BCUT2D eigenvalue weighted by molar-refractivity contribution is 5.92. The van der Waals surface area contributed by atoms with Gasteiger partial charge in [0.25, 0.3) is 0 Å². The minimum Gasteiger partial charge on any atom is -0.423 e. The van der Waals surface area contributed by atoms with Crippen molar-refractivity contribution in [3.8, 4) is 0 Å². The molecule has 0 radical (unpaired) electrons. The summed E-state index contributed by atoms with van der Waals surface area (Å²) in [6.07, 6.45) is 2.27. The summed E-state index contributed by atoms with van der Waals surface area (Å²) in [5.41, 5.74) is 4.38. The van der Waals surface area contributed by atoms with Gasteiger partial charge in [-0.05, 0) is 55.1 Å². The van der Waals surface area contributed by atoms with E-state index in [-0.39, 0.29) is 11.5 Å². The van der Waals surface area contributed by atoms with E-state index in [0.29, 0.717) is 23.9 Å². The van der Waals surface area contributed by atoms with Crippen LogP contribution >= 0.6 is 0 Å². The predicted molar refractivity (Wildman–Crippen MR) is 110 cm³/mol. The zero-order valence-corrected chi connectivity index (χ0v) is 16.2. The van der Waals surface area contributed by atoms with E-state index in [0.717, 1.165) is 30.3 Å². The Labute approximate surface area is 164 Å². The van der Waals surface area contributed by atoms with Crippen LogP contribution in [0.25, 0.3) is 11.0 Å². The molecule has 0 spiro atoms. The number of nitrogens with zero attached hydrogens (tertiary/aromatic N) is 1. The van der Waals surface area contributed by atoms with Crippen LogP contribution in [-0.2, 0) is 11.3 Å². The molecule has 1 fully saturated rings. The van der Waals surface area contributed by atoms with Crippen molar-refractivity contribution in [2.24, 2.45) is 0 Å². The minimum absolute atomic E-state index is 0.156. The Morgan fingerprint density at radius 2 is 2.04 bits per heavy atom. The van der Waals surface area contributed by atoms with Gasteiger partial charge in [0, 0.05) is 42.7 Å². The molecule has 5 nitrogen and oxygen atoms in total. The summed E-state index contributed by atoms with van der Waals surface area (Å²) in [5, 5.41) is 3.64. The van der Waals surface area contributed by atoms with Crippen molar-refractivity contribution in [2.75, 3.05) is 11.9 Å². The topological polar surface area (TPSA) is 62.6 Å². The standard InChI is InChI=1S/C23H24N2O3/c1-15-6-3-4-7-19(15)21-8-5-11-25(21)14-17-12-23(27)28-22-13-18(24-16(2)26)9-10-20(17)22/h3-4,6-7,9-10,12-13,21H,5,8,11,14H2,1-2H3,(H,24,26). The first-order chi connectivity index (χ1) is 13.5. The summed E-state index contributed by atoms with van der Waals surface area (Å²) in [4.78, 5) is 25.9. The minimum atomic E-state index is -0.367. The molecule has 0 saturated carbocycles. The number of fused-ring (bicyclic) bond motifs is 1. The second kappa shape index (κ2) is 7.60. The van der Waals surface area contributed by atoms with Crippen LogP contribution in [0.4, 0.5) is 5.69 Å². The summed E-state index contributed by atoms with van der Waals surface area (Å²) < 4.78 is 5.39. The number of aryl methyl sites for hydroxylation is 1. The maximum atomic E-state index is 12.1. The van der Waals surface area contributed by atoms with E-state index >= 15 is 0 Å². The van der Waals surface area contributed by atoms with E-state index in [9.17, 15) is 9.59 Å². The van der Waals surface area contributed by atoms with Crippen molar-refractivity contribution in [1.82, 2.24) is 4.90 Å². The van der Waals surface area contributed by atoms with Gasteiger partial charge in [-0.2, -0.15) is 0 Å². The fourth-order valence-electron chi connectivity index (χ4n) is 4.19. The number of benzene rings is 2. The lowest BCUT2D eigenvalue weighted by molar-refractivity contribution is -0.114. The molecule has 1 unspecified atom stereocenters. The fourth-order valence-corrected chi connectivity index (χ4v) is 4.19. The molecule has 2 aromatic carbocycles. The van der Waals surface area contributed by atoms with Crippen LogP contribution in [0.1, 0.15) is 42.5 Å². The van der Waals surface area contributed by atoms with Gasteiger partial charge < -0.3 is 9.73 Å². The molecule has 2 heterocycles. The van der Waals surface area contributed by atoms with Gasteiger partial charge in [0.05, 0.1) is 0 Å². The first-order valence-electron chi connectivity index (χ1n) is 9.65. The van der Waals surface area contributed by atoms with E-state index < -0.39 is 0 Å². The number of hydrogen-bond donors (Lipinski definition) is 1. The molecular formula is C23H24N2O3. The Morgan fingerprint density at radius 3 is 2.82 bits per heavy atom. The molecule has 1 aliphatic heterocycles. The maximum absolute atomic E-state index is 12.1. The Bertz CT molecular complexity index is 1090. The SMILES string of the molecule is CC(=O)Nc1ccc2c(CN3CCCC3c3ccccc3C)cc(=O)oc2c1. The van der Waals surface area contributed by atoms with Crippen molar-refractivity contribution in [1.29, 1.82) is 0 Å². The van der Waals surface area contributed by atoms with E-state index in [1.165, 1.54) is 18.1 Å². The van der Waals surface area contributed by atoms with E-state index in [2.05, 4.69) is 41.4 Å². The molecule has 1 aromatic heterocycles. The predicted octanol–water partition coefficient (Wildman–Crippen LogP) is 4.40. The lowest BCUT2D eigenvalue weighted by Crippen LogP contribution is -2.24. The largest absolute Gasteiger partial charge is 0.423 e. The second-order valence-electron chi connectivity index (χ2n) is 7.47. The normalized spacial score (nSPS) is 17.1. The van der Waals surface area contributed by atoms with Crippen LogP contribution in [0.15, 0.2) is 57.7 Å². The third-order valence-electron chi connectivity index (χ3n) is 5.44. The zero-order valence-electron chi connectivity index (χ0n) is 16.2. The molecule has 1 saturated heterocycles. The van der Waals surface area contributed by atoms with Crippen LogP contribution in [0.5, 0.6) is 0 Å². The van der Waals surface area contributed by atoms with Gasteiger partial charge in [-0.1, -0.05) is 24.3 Å². The first kappa shape index (κ1) is 18.4. The lowest BCUT2D eigenvalue weighted by atomic mass is 9.99. The number of nitrogens with one attached hydrogen (secondary N) is 1. The van der Waals surface area contributed by atoms with Crippen molar-refractivity contribution in [3.63, 3.8) is 0 Å². The summed E-state index contributed by atoms with van der Waals surface area (Å²) in [6, 6.07) is 15.9. The highest BCUT2D eigenvalue weighted by Gasteiger charge is 2.27. The quantitative estimate of drug-likeness (QED) is 0.686. The summed E-state index contributed by atoms with van der Waals surface area (Å²) in [7, 11) is 0. The summed E-state index contributed by atoms with van der Waals surface area (Å²) >= 11 is 0. The monoisotopic (exact) mass is 376 g/mol. The van der Waals surface area contributed by atoms with Crippen LogP contribution < -0.4 is 10.9 Å². The molecule has 0 aliphatic carbocycles. The van der Waals surface area contributed by atoms with E-state index in [1.807, 2.05) is 12.1 Å². The molecular weight excluding hydrogens is 352 g/mol. The Balaban J connectivity index is 1.68. The molecule has 1 N–H and O–H groups in total. The molecule has 4 rings (SSSR count). The Hall–Kier alpha value is -2.92. The van der Waals surface area contributed by atoms with Crippen LogP contribution in [0, 0.1) is 6.92 Å². The second-order valence-corrected chi connectivity index (χ2v) is 7.47. The van der Waals surface area contributed by atoms with E-state index in [4.69, 9.17) is 4.42 Å². The third-order valence-corrected chi connectivity index (χ3v) is 5.44. The lowest BCUT2D eigenvalue weighted by Gasteiger charge is -2.26. The number of likely N-dealkylation sites (tertiary alicyclic amines) is 1. The average Bonchev–Trinajstić information content (AvgIpc) is 3.09. The van der Waals surface area contributed by atoms with Crippen LogP contribution in [0.3, 0.4) is 0 Å². The smallest absolute Gasteiger partial charge is 0.336 e. The Kier molecular flexibility index (Phi) is 5.01. The molecule has 28 heavy (non-hydrogen) atoms. The Morgan fingerprint density at radius 1 is 1.21 bits per heavy atom. The number of amides is 1. The molecule has 0 bridgehead atoms. The number of hydrogen-bond acceptors (Lipinski definition) is 4. The molecule has 1 amide bonds. The summed E-state index contributed by atoms with van der Waals surface area (Å²) in [5.74, 6) is -0.156. The van der Waals surface area contributed by atoms with Gasteiger partial charge in [-0.25, -0.2) is 4.79 Å². The van der Waals surface area contributed by atoms with Gasteiger partial charge >= 0.3 is 5.63 Å². The highest BCUT2D eigenvalue weighted by atomic mass is 16.4. The number of rotatable bonds is 4. The van der Waals surface area contributed by atoms with Crippen LogP contribution in [-0.4, -0.2) is 17.4 Å². The van der Waals surface area contributed by atoms with Crippen LogP contribution in [0.2, 0.25) is 0 Å². The summed E-state index contributed by atoms with van der Waals surface area (Å²) in [6.45, 7) is 5.31. The van der Waals surface area contributed by atoms with Gasteiger partial charge in [-0.15, -0.1) is 0 Å². The highest BCUT2D eigenvalue weighted by Crippen LogP contribution is 2.35. The van der Waals surface area contributed by atoms with Crippen molar-refractivity contribution in [2.45, 2.75) is 39.3 Å². The molecule has 144 valence electrons. The third kappa shape index (κ3) is 3.71. The molecule has 1 atom stereocenters. The maximum Gasteiger partial charge on any atom is 0.336 e. The van der Waals surface area contributed by atoms with E-state index in [1.54, 1.807) is 12.1 Å². The van der Waals surface area contributed by atoms with Gasteiger partial charge in [0.1, 0.15) is 5.58 Å². The average molecular weight is 376 g/mol. The number of carbonyl (C=O) groups excluding carboxylic acids is 1. The first-order valence-corrected chi connectivity index (χ1v) is 9.65. The van der Waals surface area contributed by atoms with Crippen molar-refractivity contribution >= 4 is 22.6 Å².